The van der Waals surface area contributed by atoms with E-state index in [1.807, 2.05) is 41.5 Å². The standard InChI is InChI=1S/C22H28AsClN4O4/c1-21(2,3)31-19(29)27-8-7-14(12-27)28(20(30)32-22(4,5)6)17-10-13-9-16(24)26-18(23)15(13)11-25-17/h9-11,14H,7-8,12H2,1-6H3. The maximum absolute atomic E-state index is 13.2. The number of rotatable bonds is 2. The van der Waals surface area contributed by atoms with Crippen LogP contribution in [0.5, 0.6) is 0 Å². The number of hydrogen-bond donors (Lipinski definition) is 0. The quantitative estimate of drug-likeness (QED) is 0.440. The first kappa shape index (κ1) is 24.6. The molecule has 2 radical (unpaired) electrons. The van der Waals surface area contributed by atoms with Crippen molar-refractivity contribution in [1.29, 1.82) is 0 Å². The Morgan fingerprint density at radius 1 is 1.16 bits per heavy atom. The maximum atomic E-state index is 13.2. The molecule has 1 saturated heterocycles. The van der Waals surface area contributed by atoms with Gasteiger partial charge in [-0.3, -0.25) is 0 Å². The van der Waals surface area contributed by atoms with Crippen LogP contribution in [-0.4, -0.2) is 74.2 Å². The van der Waals surface area contributed by atoms with Gasteiger partial charge in [-0.2, -0.15) is 0 Å². The molecule has 3 rings (SSSR count). The van der Waals surface area contributed by atoms with E-state index in [4.69, 9.17) is 21.1 Å². The fraction of sp³-hybridized carbons (Fsp3) is 0.545. The first-order chi connectivity index (χ1) is 14.7. The summed E-state index contributed by atoms with van der Waals surface area (Å²) in [6.07, 6.45) is 1.32. The van der Waals surface area contributed by atoms with Gasteiger partial charge in [0, 0.05) is 0 Å². The molecular weight excluding hydrogens is 495 g/mol. The summed E-state index contributed by atoms with van der Waals surface area (Å²) < 4.78 is 11.9. The van der Waals surface area contributed by atoms with Crippen LogP contribution in [0.4, 0.5) is 15.4 Å². The van der Waals surface area contributed by atoms with Gasteiger partial charge in [0.05, 0.1) is 0 Å². The molecular formula is C22H28AsClN4O4. The molecule has 2 aromatic rings. The van der Waals surface area contributed by atoms with Crippen molar-refractivity contribution >= 4 is 61.7 Å². The first-order valence-electron chi connectivity index (χ1n) is 10.4. The second kappa shape index (κ2) is 9.06. The Morgan fingerprint density at radius 3 is 2.44 bits per heavy atom. The average molecular weight is 523 g/mol. The Hall–Kier alpha value is -2.05. The third kappa shape index (κ3) is 6.04. The molecule has 0 spiro atoms. The summed E-state index contributed by atoms with van der Waals surface area (Å²) in [4.78, 5) is 37.6. The molecule has 1 fully saturated rings. The number of amides is 2. The van der Waals surface area contributed by atoms with E-state index in [1.54, 1.807) is 23.2 Å². The molecule has 0 N–H and O–H groups in total. The zero-order chi connectivity index (χ0) is 23.8. The van der Waals surface area contributed by atoms with Crippen molar-refractivity contribution in [1.82, 2.24) is 14.9 Å². The number of hydrogen-bond acceptors (Lipinski definition) is 6. The number of nitrogens with zero attached hydrogens (tertiary/aromatic N) is 4. The Balaban J connectivity index is 1.94. The molecule has 1 unspecified atom stereocenters. The van der Waals surface area contributed by atoms with Crippen molar-refractivity contribution in [3.8, 4) is 0 Å². The van der Waals surface area contributed by atoms with Gasteiger partial charge in [0.2, 0.25) is 0 Å². The molecule has 8 nitrogen and oxygen atoms in total. The molecule has 3 heterocycles. The van der Waals surface area contributed by atoms with E-state index in [0.717, 1.165) is 10.8 Å². The Labute approximate surface area is 202 Å². The minimum atomic E-state index is -0.684. The zero-order valence-corrected chi connectivity index (χ0v) is 21.8. The van der Waals surface area contributed by atoms with Gasteiger partial charge in [0.1, 0.15) is 0 Å². The van der Waals surface area contributed by atoms with Crippen LogP contribution >= 0.6 is 11.6 Å². The predicted octanol–water partition coefficient (Wildman–Crippen LogP) is 3.83. The van der Waals surface area contributed by atoms with Crippen LogP contribution in [0.25, 0.3) is 10.8 Å². The van der Waals surface area contributed by atoms with Crippen molar-refractivity contribution < 1.29 is 19.1 Å². The van der Waals surface area contributed by atoms with Crippen LogP contribution < -0.4 is 9.38 Å². The summed E-state index contributed by atoms with van der Waals surface area (Å²) >= 11 is 8.50. The molecule has 172 valence electrons. The van der Waals surface area contributed by atoms with Gasteiger partial charge in [0.15, 0.2) is 0 Å². The van der Waals surface area contributed by atoms with Gasteiger partial charge in [-0.1, -0.05) is 0 Å². The van der Waals surface area contributed by atoms with Gasteiger partial charge < -0.3 is 0 Å². The monoisotopic (exact) mass is 522 g/mol. The van der Waals surface area contributed by atoms with Crippen LogP contribution in [0, 0.1) is 0 Å². The van der Waals surface area contributed by atoms with Crippen LogP contribution in [0.1, 0.15) is 48.0 Å². The van der Waals surface area contributed by atoms with Crippen LogP contribution in [-0.2, 0) is 9.47 Å². The molecule has 0 aliphatic carbocycles. The molecule has 1 atom stereocenters. The molecule has 2 amide bonds. The number of pyridine rings is 2. The van der Waals surface area contributed by atoms with E-state index < -0.39 is 23.4 Å². The normalized spacial score (nSPS) is 16.9. The Bertz CT molecular complexity index is 1030. The molecule has 2 aromatic heterocycles. The number of halogens is 1. The Morgan fingerprint density at radius 2 is 1.81 bits per heavy atom. The third-order valence-electron chi connectivity index (χ3n) is 4.67. The summed E-state index contributed by atoms with van der Waals surface area (Å²) in [5, 5.41) is 1.98. The van der Waals surface area contributed by atoms with Gasteiger partial charge >= 0.3 is 182 Å². The van der Waals surface area contributed by atoms with Gasteiger partial charge in [-0.15, -0.1) is 0 Å². The molecule has 1 aliphatic rings. The predicted molar refractivity (Wildman–Crippen MR) is 125 cm³/mol. The summed E-state index contributed by atoms with van der Waals surface area (Å²) in [5.41, 5.74) is -1.28. The summed E-state index contributed by atoms with van der Waals surface area (Å²) in [7, 11) is 0. The molecule has 0 saturated carbocycles. The number of aromatic nitrogens is 2. The number of anilines is 1. The number of carbonyl (C=O) groups excluding carboxylic acids is 2. The topological polar surface area (TPSA) is 84.9 Å². The fourth-order valence-corrected chi connectivity index (χ4v) is 4.35. The summed E-state index contributed by atoms with van der Waals surface area (Å²) in [5.74, 6) is 0.428. The van der Waals surface area contributed by atoms with Crippen molar-refractivity contribution in [2.45, 2.75) is 65.2 Å². The van der Waals surface area contributed by atoms with Crippen molar-refractivity contribution in [3.05, 3.63) is 23.5 Å². The summed E-state index contributed by atoms with van der Waals surface area (Å²) in [6.45, 7) is 11.7. The van der Waals surface area contributed by atoms with Crippen molar-refractivity contribution in [2.75, 3.05) is 18.0 Å². The molecule has 32 heavy (non-hydrogen) atoms. The number of fused-ring (bicyclic) bond motifs is 1. The van der Waals surface area contributed by atoms with Gasteiger partial charge in [0.25, 0.3) is 0 Å². The second-order valence-electron chi connectivity index (χ2n) is 9.75. The van der Waals surface area contributed by atoms with Crippen molar-refractivity contribution in [2.24, 2.45) is 0 Å². The van der Waals surface area contributed by atoms with Crippen LogP contribution in [0.2, 0.25) is 5.15 Å². The molecule has 10 heteroatoms. The van der Waals surface area contributed by atoms with Crippen LogP contribution in [0.15, 0.2) is 18.3 Å². The SMILES string of the molecule is CC(C)(C)OC(=O)N1CCC(N(C(=O)OC(C)(C)C)c2cc3cc(Cl)nc([As])c3cn2)C1. The van der Waals surface area contributed by atoms with E-state index >= 15 is 0 Å². The van der Waals surface area contributed by atoms with Gasteiger partial charge in [-0.25, -0.2) is 0 Å². The fourth-order valence-electron chi connectivity index (χ4n) is 3.40. The van der Waals surface area contributed by atoms with E-state index in [0.29, 0.717) is 35.0 Å². The van der Waals surface area contributed by atoms with E-state index in [9.17, 15) is 9.59 Å². The number of likely N-dealkylation sites (tertiary alicyclic amines) is 1. The molecule has 0 bridgehead atoms. The molecule has 0 aromatic carbocycles. The van der Waals surface area contributed by atoms with Gasteiger partial charge in [-0.05, 0) is 20.8 Å². The number of ether oxygens (including phenoxy) is 2. The van der Waals surface area contributed by atoms with E-state index in [1.165, 1.54) is 4.90 Å². The summed E-state index contributed by atoms with van der Waals surface area (Å²) in [6, 6.07) is 3.21. The molecule has 1 aliphatic heterocycles. The minimum absolute atomic E-state index is 0.309. The Kier molecular flexibility index (Phi) is 6.96. The van der Waals surface area contributed by atoms with E-state index in [-0.39, 0.29) is 6.04 Å². The van der Waals surface area contributed by atoms with Crippen molar-refractivity contribution in [3.63, 3.8) is 0 Å². The second-order valence-corrected chi connectivity index (χ2v) is 11.0. The zero-order valence-electron chi connectivity index (χ0n) is 19.2. The van der Waals surface area contributed by atoms with Crippen LogP contribution in [0.3, 0.4) is 0 Å². The first-order valence-corrected chi connectivity index (χ1v) is 11.7. The average Bonchev–Trinajstić information content (AvgIpc) is 3.08. The number of carbonyl (C=O) groups is 2. The van der Waals surface area contributed by atoms with E-state index in [2.05, 4.69) is 26.8 Å². The third-order valence-corrected chi connectivity index (χ3v) is 5.58.